The quantitative estimate of drug-likeness (QED) is 0.528. The summed E-state index contributed by atoms with van der Waals surface area (Å²) in [4.78, 5) is 0. The third-order valence-corrected chi connectivity index (χ3v) is 5.38. The molecule has 1 heteroatoms. The fraction of sp³-hybridized carbons (Fsp3) is 0.182. The molecule has 3 aromatic rings. The summed E-state index contributed by atoms with van der Waals surface area (Å²) in [6, 6.07) is 32.6. The highest BCUT2D eigenvalue weighted by atomic mass is 31.0. The van der Waals surface area contributed by atoms with E-state index in [9.17, 15) is 0 Å². The van der Waals surface area contributed by atoms with E-state index in [1.54, 1.807) is 0 Å². The smallest absolute Gasteiger partial charge is 0.0240 e. The first-order chi connectivity index (χ1) is 11.3. The van der Waals surface area contributed by atoms with Gasteiger partial charge in [-0.1, -0.05) is 91.0 Å². The van der Waals surface area contributed by atoms with Crippen molar-refractivity contribution in [3.8, 4) is 0 Å². The van der Waals surface area contributed by atoms with Crippen molar-refractivity contribution in [3.63, 3.8) is 0 Å². The van der Waals surface area contributed by atoms with Crippen LogP contribution in [0, 0.1) is 0 Å². The van der Waals surface area contributed by atoms with E-state index in [1.165, 1.54) is 16.7 Å². The van der Waals surface area contributed by atoms with E-state index in [0.717, 1.165) is 19.0 Å². The second-order valence-corrected chi connectivity index (χ2v) is 6.41. The third kappa shape index (κ3) is 3.54. The molecule has 1 unspecified atom stereocenters. The van der Waals surface area contributed by atoms with Gasteiger partial charge in [0.1, 0.15) is 0 Å². The summed E-state index contributed by atoms with van der Waals surface area (Å²) in [7, 11) is 2.98. The monoisotopic (exact) mass is 318 g/mol. The molecule has 0 aliphatic rings. The summed E-state index contributed by atoms with van der Waals surface area (Å²) in [5, 5.41) is 0. The van der Waals surface area contributed by atoms with Gasteiger partial charge in [-0.25, -0.2) is 0 Å². The van der Waals surface area contributed by atoms with Gasteiger partial charge in [0.2, 0.25) is 0 Å². The Kier molecular flexibility index (Phi) is 5.26. The molecular formula is C22H23P. The van der Waals surface area contributed by atoms with E-state index in [1.807, 2.05) is 0 Å². The molecule has 3 rings (SSSR count). The van der Waals surface area contributed by atoms with Gasteiger partial charge in [-0.05, 0) is 35.7 Å². The Hall–Kier alpha value is -1.91. The predicted molar refractivity (Wildman–Crippen MR) is 103 cm³/mol. The van der Waals surface area contributed by atoms with Crippen LogP contribution in [0.4, 0.5) is 0 Å². The highest BCUT2D eigenvalue weighted by Gasteiger charge is 2.31. The molecule has 3 aromatic carbocycles. The summed E-state index contributed by atoms with van der Waals surface area (Å²) in [5.41, 5.74) is 4.25. The van der Waals surface area contributed by atoms with Gasteiger partial charge in [0.15, 0.2) is 0 Å². The lowest BCUT2D eigenvalue weighted by molar-refractivity contribution is 0.529. The minimum atomic E-state index is 0.0447. The van der Waals surface area contributed by atoms with Crippen LogP contribution in [-0.4, -0.2) is 6.16 Å². The highest BCUT2D eigenvalue weighted by Crippen LogP contribution is 2.38. The lowest BCUT2D eigenvalue weighted by Crippen LogP contribution is -2.30. The Morgan fingerprint density at radius 1 is 0.609 bits per heavy atom. The standard InChI is InChI=1S/C22H23P/c23-18-22(20-12-6-2-7-13-20,21-14-8-3-9-15-21)17-16-19-10-4-1-5-11-19/h1-15H,16-18,23H2. The first-order valence-electron chi connectivity index (χ1n) is 8.20. The van der Waals surface area contributed by atoms with Crippen LogP contribution in [-0.2, 0) is 11.8 Å². The lowest BCUT2D eigenvalue weighted by Gasteiger charge is -2.34. The van der Waals surface area contributed by atoms with Crippen LogP contribution in [0.3, 0.4) is 0 Å². The maximum absolute atomic E-state index is 2.98. The predicted octanol–water partition coefficient (Wildman–Crippen LogP) is 5.48. The van der Waals surface area contributed by atoms with Gasteiger partial charge >= 0.3 is 0 Å². The van der Waals surface area contributed by atoms with Crippen molar-refractivity contribution in [1.29, 1.82) is 0 Å². The van der Waals surface area contributed by atoms with Crippen molar-refractivity contribution in [3.05, 3.63) is 108 Å². The van der Waals surface area contributed by atoms with Gasteiger partial charge in [-0.3, -0.25) is 0 Å². The minimum Gasteiger partial charge on any atom is -0.136 e. The average Bonchev–Trinajstić information content (AvgIpc) is 2.65. The zero-order valence-corrected chi connectivity index (χ0v) is 14.5. The van der Waals surface area contributed by atoms with Crippen LogP contribution in [0.5, 0.6) is 0 Å². The number of aryl methyl sites for hydroxylation is 1. The lowest BCUT2D eigenvalue weighted by atomic mass is 9.72. The zero-order valence-electron chi connectivity index (χ0n) is 13.4. The maximum atomic E-state index is 2.98. The summed E-state index contributed by atoms with van der Waals surface area (Å²) in [6.45, 7) is 0. The van der Waals surface area contributed by atoms with Gasteiger partial charge in [0.25, 0.3) is 0 Å². The topological polar surface area (TPSA) is 0 Å². The normalized spacial score (nSPS) is 11.3. The minimum absolute atomic E-state index is 0.0447. The second kappa shape index (κ2) is 7.57. The summed E-state index contributed by atoms with van der Waals surface area (Å²) in [5.74, 6) is 0. The molecule has 0 aromatic heterocycles. The Balaban J connectivity index is 1.99. The Morgan fingerprint density at radius 2 is 1.04 bits per heavy atom. The van der Waals surface area contributed by atoms with Crippen molar-refractivity contribution >= 4 is 9.24 Å². The van der Waals surface area contributed by atoms with E-state index >= 15 is 0 Å². The molecule has 0 aliphatic heterocycles. The molecule has 0 saturated carbocycles. The molecule has 0 radical (unpaired) electrons. The van der Waals surface area contributed by atoms with Gasteiger partial charge < -0.3 is 0 Å². The molecule has 1 atom stereocenters. The zero-order chi connectivity index (χ0) is 16.0. The average molecular weight is 318 g/mol. The van der Waals surface area contributed by atoms with Crippen LogP contribution in [0.2, 0.25) is 0 Å². The van der Waals surface area contributed by atoms with Crippen molar-refractivity contribution in [2.75, 3.05) is 6.16 Å². The van der Waals surface area contributed by atoms with E-state index in [4.69, 9.17) is 0 Å². The van der Waals surface area contributed by atoms with Crippen LogP contribution in [0.1, 0.15) is 23.1 Å². The number of hydrogen-bond donors (Lipinski definition) is 0. The van der Waals surface area contributed by atoms with Crippen molar-refractivity contribution in [2.24, 2.45) is 0 Å². The van der Waals surface area contributed by atoms with Crippen LogP contribution >= 0.6 is 9.24 Å². The molecule has 0 amide bonds. The third-order valence-electron chi connectivity index (χ3n) is 4.68. The molecule has 0 nitrogen and oxygen atoms in total. The molecule has 23 heavy (non-hydrogen) atoms. The van der Waals surface area contributed by atoms with Crippen LogP contribution in [0.25, 0.3) is 0 Å². The number of benzene rings is 3. The van der Waals surface area contributed by atoms with E-state index < -0.39 is 0 Å². The fourth-order valence-electron chi connectivity index (χ4n) is 3.31. The van der Waals surface area contributed by atoms with Crippen LogP contribution in [0.15, 0.2) is 91.0 Å². The molecule has 0 heterocycles. The van der Waals surface area contributed by atoms with E-state index in [2.05, 4.69) is 100 Å². The largest absolute Gasteiger partial charge is 0.136 e. The molecule has 0 bridgehead atoms. The Labute approximate surface area is 141 Å². The molecule has 116 valence electrons. The Bertz CT molecular complexity index is 665. The first kappa shape index (κ1) is 16.0. The summed E-state index contributed by atoms with van der Waals surface area (Å²) in [6.07, 6.45) is 3.21. The maximum Gasteiger partial charge on any atom is 0.0240 e. The Morgan fingerprint density at radius 3 is 1.48 bits per heavy atom. The molecule has 0 saturated heterocycles. The fourth-order valence-corrected chi connectivity index (χ4v) is 3.99. The highest BCUT2D eigenvalue weighted by molar-refractivity contribution is 7.16. The van der Waals surface area contributed by atoms with Gasteiger partial charge in [0, 0.05) is 5.41 Å². The van der Waals surface area contributed by atoms with E-state index in [-0.39, 0.29) is 5.41 Å². The van der Waals surface area contributed by atoms with Crippen molar-refractivity contribution in [2.45, 2.75) is 18.3 Å². The second-order valence-electron chi connectivity index (χ2n) is 6.00. The molecule has 0 fully saturated rings. The summed E-state index contributed by atoms with van der Waals surface area (Å²) < 4.78 is 0. The molecular weight excluding hydrogens is 295 g/mol. The molecule has 0 N–H and O–H groups in total. The SMILES string of the molecule is PCC(CCc1ccccc1)(c1ccccc1)c1ccccc1. The molecule has 0 spiro atoms. The van der Waals surface area contributed by atoms with Gasteiger partial charge in [0.05, 0.1) is 0 Å². The summed E-state index contributed by atoms with van der Waals surface area (Å²) >= 11 is 0. The van der Waals surface area contributed by atoms with E-state index in [0.29, 0.717) is 0 Å². The van der Waals surface area contributed by atoms with Crippen LogP contribution < -0.4 is 0 Å². The van der Waals surface area contributed by atoms with Crippen molar-refractivity contribution < 1.29 is 0 Å². The van der Waals surface area contributed by atoms with Crippen molar-refractivity contribution in [1.82, 2.24) is 0 Å². The van der Waals surface area contributed by atoms with Gasteiger partial charge in [-0.2, -0.15) is 0 Å². The number of hydrogen-bond acceptors (Lipinski definition) is 0. The number of rotatable bonds is 6. The first-order valence-corrected chi connectivity index (χ1v) is 9.02. The molecule has 0 aliphatic carbocycles. The van der Waals surface area contributed by atoms with Gasteiger partial charge in [-0.15, -0.1) is 9.24 Å².